The minimum Gasteiger partial charge on any atom is -0.266 e. The molecule has 0 unspecified atom stereocenters. The molecular weight excluding hydrogens is 482 g/mol. The molecule has 1 aromatic rings. The van der Waals surface area contributed by atoms with Gasteiger partial charge in [0.25, 0.3) is 10.1 Å². The second kappa shape index (κ2) is 18.7. The van der Waals surface area contributed by atoms with Gasteiger partial charge in [-0.15, -0.1) is 0 Å². The third kappa shape index (κ3) is 15.2. The summed E-state index contributed by atoms with van der Waals surface area (Å²) in [6.07, 6.45) is 18.0. The van der Waals surface area contributed by atoms with E-state index in [2.05, 4.69) is 6.92 Å². The van der Waals surface area contributed by atoms with Gasteiger partial charge in [-0.3, -0.25) is 4.18 Å². The number of hydrogen-bond donors (Lipinski definition) is 0. The van der Waals surface area contributed by atoms with Crippen molar-refractivity contribution < 1.29 is 12.6 Å². The van der Waals surface area contributed by atoms with Crippen molar-refractivity contribution in [2.75, 3.05) is 6.61 Å². The van der Waals surface area contributed by atoms with Gasteiger partial charge in [0.2, 0.25) is 0 Å². The van der Waals surface area contributed by atoms with Crippen LogP contribution >= 0.6 is 0 Å². The second-order valence-corrected chi connectivity index (χ2v) is 8.80. The van der Waals surface area contributed by atoms with Gasteiger partial charge < -0.3 is 0 Å². The van der Waals surface area contributed by atoms with Crippen LogP contribution in [0.2, 0.25) is 0 Å². The van der Waals surface area contributed by atoms with Gasteiger partial charge in [-0.1, -0.05) is 109 Å². The predicted octanol–water partition coefficient (Wildman–Crippen LogP) is 6.49. The number of rotatable bonds is 17. The fourth-order valence-electron chi connectivity index (χ4n) is 3.12. The molecular formula is C22H38BaO3S. The molecule has 152 valence electrons. The third-order valence-corrected chi connectivity index (χ3v) is 6.09. The molecule has 27 heavy (non-hydrogen) atoms. The van der Waals surface area contributed by atoms with E-state index in [4.69, 9.17) is 4.18 Å². The normalized spacial score (nSPS) is 11.3. The topological polar surface area (TPSA) is 43.4 Å². The van der Waals surface area contributed by atoms with Crippen molar-refractivity contribution in [1.29, 1.82) is 0 Å². The van der Waals surface area contributed by atoms with Crippen molar-refractivity contribution in [3.63, 3.8) is 0 Å². The Hall–Kier alpha value is 0.701. The van der Waals surface area contributed by atoms with Crippen LogP contribution in [-0.2, 0) is 14.3 Å². The van der Waals surface area contributed by atoms with Crippen LogP contribution in [0.4, 0.5) is 0 Å². The summed E-state index contributed by atoms with van der Waals surface area (Å²) in [7, 11) is -3.58. The van der Waals surface area contributed by atoms with Crippen LogP contribution in [0.5, 0.6) is 0 Å². The molecule has 0 aliphatic rings. The van der Waals surface area contributed by atoms with Crippen LogP contribution in [0.3, 0.4) is 0 Å². The number of benzene rings is 1. The molecule has 0 atom stereocenters. The Morgan fingerprint density at radius 3 is 1.52 bits per heavy atom. The molecule has 0 aliphatic heterocycles. The van der Waals surface area contributed by atoms with E-state index in [1.165, 1.54) is 77.0 Å². The SMILES string of the molecule is CCCCCCCCCCCCCCCCOS(=O)(=O)c1ccccc1.[Ba]. The first-order valence-electron chi connectivity index (χ1n) is 10.6. The van der Waals surface area contributed by atoms with E-state index >= 15 is 0 Å². The Bertz CT molecular complexity index is 532. The van der Waals surface area contributed by atoms with Crippen LogP contribution in [0.1, 0.15) is 96.8 Å². The summed E-state index contributed by atoms with van der Waals surface area (Å²) in [6.45, 7) is 2.55. The Morgan fingerprint density at radius 2 is 1.07 bits per heavy atom. The smallest absolute Gasteiger partial charge is 0.266 e. The zero-order valence-electron chi connectivity index (χ0n) is 17.3. The molecule has 5 heteroatoms. The van der Waals surface area contributed by atoms with Crippen molar-refractivity contribution in [2.24, 2.45) is 0 Å². The fourth-order valence-corrected chi connectivity index (χ4v) is 4.08. The van der Waals surface area contributed by atoms with Crippen LogP contribution in [0.15, 0.2) is 35.2 Å². The van der Waals surface area contributed by atoms with Crippen molar-refractivity contribution in [2.45, 2.75) is 102 Å². The van der Waals surface area contributed by atoms with E-state index < -0.39 is 10.1 Å². The van der Waals surface area contributed by atoms with Gasteiger partial charge in [-0.25, -0.2) is 0 Å². The van der Waals surface area contributed by atoms with E-state index in [0.29, 0.717) is 0 Å². The van der Waals surface area contributed by atoms with E-state index in [0.717, 1.165) is 12.8 Å². The third-order valence-electron chi connectivity index (χ3n) is 4.77. The molecule has 3 nitrogen and oxygen atoms in total. The minimum atomic E-state index is -3.58. The van der Waals surface area contributed by atoms with Crippen molar-refractivity contribution in [3.05, 3.63) is 30.3 Å². The Kier molecular flexibility index (Phi) is 19.2. The molecule has 0 N–H and O–H groups in total. The summed E-state index contributed by atoms with van der Waals surface area (Å²) >= 11 is 0. The van der Waals surface area contributed by atoms with Crippen molar-refractivity contribution >= 4 is 59.0 Å². The Morgan fingerprint density at radius 1 is 0.667 bits per heavy atom. The van der Waals surface area contributed by atoms with Gasteiger partial charge in [-0.05, 0) is 18.6 Å². The minimum absolute atomic E-state index is 0. The van der Waals surface area contributed by atoms with Gasteiger partial charge in [0.15, 0.2) is 0 Å². The van der Waals surface area contributed by atoms with Crippen LogP contribution < -0.4 is 0 Å². The summed E-state index contributed by atoms with van der Waals surface area (Å²) in [5, 5.41) is 0. The largest absolute Gasteiger partial charge is 0.296 e. The van der Waals surface area contributed by atoms with Crippen LogP contribution in [0, 0.1) is 0 Å². The molecule has 0 aromatic heterocycles. The van der Waals surface area contributed by atoms with E-state index in [1.54, 1.807) is 30.3 Å². The summed E-state index contributed by atoms with van der Waals surface area (Å²) in [5.41, 5.74) is 0. The first kappa shape index (κ1) is 27.7. The molecule has 1 rings (SSSR count). The van der Waals surface area contributed by atoms with Gasteiger partial charge in [0.05, 0.1) is 11.5 Å². The number of hydrogen-bond acceptors (Lipinski definition) is 3. The zero-order chi connectivity index (χ0) is 18.9. The van der Waals surface area contributed by atoms with Crippen molar-refractivity contribution in [3.8, 4) is 0 Å². The zero-order valence-corrected chi connectivity index (χ0v) is 22.6. The summed E-state index contributed by atoms with van der Waals surface area (Å²) in [4.78, 5) is 0.241. The Balaban J connectivity index is 0.00000676. The maximum Gasteiger partial charge on any atom is 0.296 e. The maximum atomic E-state index is 11.9. The maximum absolute atomic E-state index is 11.9. The molecule has 0 bridgehead atoms. The van der Waals surface area contributed by atoms with Crippen LogP contribution in [0.25, 0.3) is 0 Å². The van der Waals surface area contributed by atoms with Crippen molar-refractivity contribution in [1.82, 2.24) is 0 Å². The molecule has 0 saturated heterocycles. The average molecular weight is 520 g/mol. The summed E-state index contributed by atoms with van der Waals surface area (Å²) < 4.78 is 29.0. The standard InChI is InChI=1S/C22H38O3S.Ba/c1-2-3-4-5-6-7-8-9-10-11-12-13-14-18-21-25-26(23,24)22-19-16-15-17-20-22;/h15-17,19-20H,2-14,18,21H2,1H3;. The van der Waals surface area contributed by atoms with Gasteiger partial charge in [0.1, 0.15) is 0 Å². The van der Waals surface area contributed by atoms with E-state index in [-0.39, 0.29) is 60.4 Å². The van der Waals surface area contributed by atoms with Gasteiger partial charge in [0, 0.05) is 48.9 Å². The van der Waals surface area contributed by atoms with Gasteiger partial charge >= 0.3 is 0 Å². The summed E-state index contributed by atoms with van der Waals surface area (Å²) in [5.74, 6) is 0. The first-order valence-corrected chi connectivity index (χ1v) is 12.0. The molecule has 2 radical (unpaired) electrons. The number of unbranched alkanes of at least 4 members (excludes halogenated alkanes) is 13. The quantitative estimate of drug-likeness (QED) is 0.134. The van der Waals surface area contributed by atoms with E-state index in [9.17, 15) is 8.42 Å². The fraction of sp³-hybridized carbons (Fsp3) is 0.727. The first-order chi connectivity index (χ1) is 12.7. The van der Waals surface area contributed by atoms with Crippen LogP contribution in [-0.4, -0.2) is 63.9 Å². The molecule has 0 aliphatic carbocycles. The van der Waals surface area contributed by atoms with E-state index in [1.807, 2.05) is 0 Å². The molecule has 1 aromatic carbocycles. The van der Waals surface area contributed by atoms with Gasteiger partial charge in [-0.2, -0.15) is 8.42 Å². The average Bonchev–Trinajstić information content (AvgIpc) is 2.65. The second-order valence-electron chi connectivity index (χ2n) is 7.19. The molecule has 0 saturated carbocycles. The summed E-state index contributed by atoms with van der Waals surface area (Å²) in [6, 6.07) is 8.36. The Labute approximate surface area is 208 Å². The molecule has 0 heterocycles. The molecule has 0 fully saturated rings. The molecule has 0 spiro atoms. The monoisotopic (exact) mass is 520 g/mol. The predicted molar refractivity (Wildman–Crippen MR) is 116 cm³/mol. The molecule has 0 amide bonds.